The Balaban J connectivity index is 1.24. The molecule has 1 N–H and O–H groups in total. The number of nitrogens with one attached hydrogen (secondary N) is 1. The van der Waals surface area contributed by atoms with Gasteiger partial charge in [0.1, 0.15) is 0 Å². The van der Waals surface area contributed by atoms with Crippen molar-refractivity contribution in [3.63, 3.8) is 0 Å². The summed E-state index contributed by atoms with van der Waals surface area (Å²) in [5, 5.41) is 12.8. The summed E-state index contributed by atoms with van der Waals surface area (Å²) in [4.78, 5) is 18.1. The van der Waals surface area contributed by atoms with Gasteiger partial charge >= 0.3 is 0 Å². The fourth-order valence-corrected chi connectivity index (χ4v) is 5.02. The first-order chi connectivity index (χ1) is 16.7. The Labute approximate surface area is 204 Å². The average molecular weight is 488 g/mol. The van der Waals surface area contributed by atoms with Gasteiger partial charge in [0.2, 0.25) is 11.7 Å². The second-order valence-corrected chi connectivity index (χ2v) is 9.54. The molecule has 0 unspecified atom stereocenters. The van der Waals surface area contributed by atoms with E-state index in [4.69, 9.17) is 4.42 Å². The molecule has 2 aromatic carbocycles. The molecular weight excluding hydrogens is 466 g/mol. The van der Waals surface area contributed by atoms with Crippen LogP contribution < -0.4 is 5.32 Å². The third-order valence-corrected chi connectivity index (χ3v) is 6.87. The highest BCUT2D eigenvalue weighted by atomic mass is 32.2. The lowest BCUT2D eigenvalue weighted by Crippen LogP contribution is -2.14. The van der Waals surface area contributed by atoms with Gasteiger partial charge in [-0.2, -0.15) is 0 Å². The summed E-state index contributed by atoms with van der Waals surface area (Å²) in [6.07, 6.45) is 4.21. The van der Waals surface area contributed by atoms with Crippen molar-refractivity contribution >= 4 is 34.1 Å². The van der Waals surface area contributed by atoms with E-state index in [0.717, 1.165) is 16.9 Å². The van der Waals surface area contributed by atoms with Gasteiger partial charge < -0.3 is 9.73 Å². The number of hydrogen-bond donors (Lipinski definition) is 1. The molecule has 3 heterocycles. The van der Waals surface area contributed by atoms with Crippen LogP contribution in [0.3, 0.4) is 0 Å². The van der Waals surface area contributed by atoms with Crippen molar-refractivity contribution in [2.75, 3.05) is 11.1 Å². The van der Waals surface area contributed by atoms with Gasteiger partial charge in [0.05, 0.1) is 18.6 Å². The molecule has 0 atom stereocenters. The fraction of sp³-hybridized carbons (Fsp3) is 0.120. The Morgan fingerprint density at radius 2 is 1.74 bits per heavy atom. The number of thiazole rings is 1. The number of amides is 1. The first kappa shape index (κ1) is 22.1. The van der Waals surface area contributed by atoms with E-state index in [1.165, 1.54) is 28.7 Å². The van der Waals surface area contributed by atoms with E-state index in [9.17, 15) is 4.79 Å². The summed E-state index contributed by atoms with van der Waals surface area (Å²) in [6.45, 7) is 0.573. The van der Waals surface area contributed by atoms with Crippen LogP contribution in [0.15, 0.2) is 94.8 Å². The van der Waals surface area contributed by atoms with Gasteiger partial charge in [-0.1, -0.05) is 72.4 Å². The second-order valence-electron chi connectivity index (χ2n) is 7.49. The summed E-state index contributed by atoms with van der Waals surface area (Å²) in [7, 11) is 0. The van der Waals surface area contributed by atoms with Gasteiger partial charge in [-0.05, 0) is 23.3 Å². The van der Waals surface area contributed by atoms with E-state index in [1.54, 1.807) is 6.26 Å². The lowest BCUT2D eigenvalue weighted by molar-refractivity contribution is -0.113. The molecule has 3 aromatic heterocycles. The maximum absolute atomic E-state index is 12.6. The van der Waals surface area contributed by atoms with E-state index in [0.29, 0.717) is 28.4 Å². The molecule has 0 fully saturated rings. The van der Waals surface area contributed by atoms with E-state index in [2.05, 4.69) is 32.6 Å². The van der Waals surface area contributed by atoms with Crippen molar-refractivity contribution in [2.24, 2.45) is 0 Å². The van der Waals surface area contributed by atoms with Gasteiger partial charge in [-0.25, -0.2) is 4.98 Å². The summed E-state index contributed by atoms with van der Waals surface area (Å²) in [5.74, 6) is 1.31. The van der Waals surface area contributed by atoms with E-state index in [1.807, 2.05) is 71.4 Å². The molecule has 9 heteroatoms. The van der Waals surface area contributed by atoms with Crippen LogP contribution >= 0.6 is 23.1 Å². The smallest absolute Gasteiger partial charge is 0.236 e. The number of benzene rings is 2. The van der Waals surface area contributed by atoms with Crippen molar-refractivity contribution in [3.05, 3.63) is 101 Å². The van der Waals surface area contributed by atoms with E-state index >= 15 is 0 Å². The fourth-order valence-electron chi connectivity index (χ4n) is 3.42. The maximum atomic E-state index is 12.6. The number of rotatable bonds is 9. The molecule has 5 rings (SSSR count). The largest absolute Gasteiger partial charge is 0.461 e. The van der Waals surface area contributed by atoms with Gasteiger partial charge in [-0.15, -0.1) is 21.5 Å². The van der Waals surface area contributed by atoms with Crippen LogP contribution in [0.5, 0.6) is 0 Å². The van der Waals surface area contributed by atoms with Crippen LogP contribution in [-0.4, -0.2) is 31.4 Å². The number of aromatic nitrogens is 4. The summed E-state index contributed by atoms with van der Waals surface area (Å²) in [5.41, 5.74) is 2.32. The van der Waals surface area contributed by atoms with Crippen LogP contribution in [0.2, 0.25) is 0 Å². The van der Waals surface area contributed by atoms with Crippen LogP contribution in [0.1, 0.15) is 16.0 Å². The van der Waals surface area contributed by atoms with Crippen LogP contribution in [0.4, 0.5) is 5.13 Å². The Bertz CT molecular complexity index is 1350. The van der Waals surface area contributed by atoms with Crippen molar-refractivity contribution in [1.29, 1.82) is 0 Å². The third-order valence-electron chi connectivity index (χ3n) is 5.00. The second kappa shape index (κ2) is 10.5. The Hall–Kier alpha value is -3.69. The van der Waals surface area contributed by atoms with Crippen molar-refractivity contribution in [1.82, 2.24) is 19.7 Å². The van der Waals surface area contributed by atoms with Crippen molar-refractivity contribution < 1.29 is 9.21 Å². The molecule has 0 saturated heterocycles. The predicted molar refractivity (Wildman–Crippen MR) is 134 cm³/mol. The molecule has 5 aromatic rings. The summed E-state index contributed by atoms with van der Waals surface area (Å²) in [6, 6.07) is 23.9. The molecule has 0 saturated carbocycles. The zero-order valence-electron chi connectivity index (χ0n) is 18.1. The minimum absolute atomic E-state index is 0.139. The minimum Gasteiger partial charge on any atom is -0.461 e. The third kappa shape index (κ3) is 5.44. The Morgan fingerprint density at radius 1 is 0.971 bits per heavy atom. The summed E-state index contributed by atoms with van der Waals surface area (Å²) < 4.78 is 7.51. The van der Waals surface area contributed by atoms with Gasteiger partial charge in [0, 0.05) is 17.5 Å². The van der Waals surface area contributed by atoms with E-state index < -0.39 is 0 Å². The number of carbonyl (C=O) groups excluding carboxylic acids is 1. The van der Waals surface area contributed by atoms with Gasteiger partial charge in [0.15, 0.2) is 16.0 Å². The molecule has 170 valence electrons. The molecule has 34 heavy (non-hydrogen) atoms. The highest BCUT2D eigenvalue weighted by molar-refractivity contribution is 7.99. The van der Waals surface area contributed by atoms with Crippen LogP contribution in [0.25, 0.3) is 11.6 Å². The lowest BCUT2D eigenvalue weighted by atomic mass is 10.1. The predicted octanol–water partition coefficient (Wildman–Crippen LogP) is 5.36. The number of furan rings is 1. The molecule has 0 aliphatic heterocycles. The highest BCUT2D eigenvalue weighted by Gasteiger charge is 2.18. The number of carbonyl (C=O) groups is 1. The molecular formula is C25H21N5O2S2. The van der Waals surface area contributed by atoms with Crippen LogP contribution in [-0.2, 0) is 17.8 Å². The number of anilines is 1. The number of nitrogens with zero attached hydrogens (tertiary/aromatic N) is 4. The molecule has 7 nitrogen and oxygen atoms in total. The lowest BCUT2D eigenvalue weighted by Gasteiger charge is -2.09. The zero-order valence-corrected chi connectivity index (χ0v) is 19.8. The van der Waals surface area contributed by atoms with Crippen molar-refractivity contribution in [3.8, 4) is 11.6 Å². The minimum atomic E-state index is -0.139. The number of hydrogen-bond acceptors (Lipinski definition) is 7. The average Bonchev–Trinajstić information content (AvgIpc) is 3.61. The SMILES string of the molecule is O=C(CSc1nnc(-c2ccco2)n1Cc1ccccc1)Nc1ncc(Cc2ccccc2)s1. The first-order valence-corrected chi connectivity index (χ1v) is 12.5. The Morgan fingerprint density at radius 3 is 2.47 bits per heavy atom. The maximum Gasteiger partial charge on any atom is 0.236 e. The van der Waals surface area contributed by atoms with Gasteiger partial charge in [0.25, 0.3) is 0 Å². The molecule has 1 amide bonds. The van der Waals surface area contributed by atoms with E-state index in [-0.39, 0.29) is 11.7 Å². The molecule has 0 aliphatic rings. The van der Waals surface area contributed by atoms with Gasteiger partial charge in [-0.3, -0.25) is 9.36 Å². The molecule has 0 aliphatic carbocycles. The molecule has 0 bridgehead atoms. The first-order valence-electron chi connectivity index (χ1n) is 10.7. The van der Waals surface area contributed by atoms with Crippen LogP contribution in [0, 0.1) is 0 Å². The monoisotopic (exact) mass is 487 g/mol. The normalized spacial score (nSPS) is 10.9. The number of thioether (sulfide) groups is 1. The van der Waals surface area contributed by atoms with Crippen molar-refractivity contribution in [2.45, 2.75) is 18.1 Å². The molecule has 0 radical (unpaired) electrons. The quantitative estimate of drug-likeness (QED) is 0.282. The Kier molecular flexibility index (Phi) is 6.83. The summed E-state index contributed by atoms with van der Waals surface area (Å²) >= 11 is 2.82. The highest BCUT2D eigenvalue weighted by Crippen LogP contribution is 2.26. The standard InChI is InChI=1S/C25H21N5O2S2/c31-22(27-24-26-15-20(34-24)14-18-8-3-1-4-9-18)17-33-25-29-28-23(21-12-7-13-32-21)30(25)16-19-10-5-2-6-11-19/h1-13,15H,14,16-17H2,(H,26,27,31). The zero-order chi connectivity index (χ0) is 23.2. The molecule has 0 spiro atoms. The topological polar surface area (TPSA) is 85.8 Å².